The van der Waals surface area contributed by atoms with Crippen LogP contribution in [0.3, 0.4) is 0 Å². The zero-order chi connectivity index (χ0) is 26.8. The summed E-state index contributed by atoms with van der Waals surface area (Å²) in [6.45, 7) is 5.72. The van der Waals surface area contributed by atoms with Crippen molar-refractivity contribution in [2.75, 3.05) is 6.61 Å². The molecule has 0 N–H and O–H groups in total. The Bertz CT molecular complexity index is 1030. The lowest BCUT2D eigenvalue weighted by atomic mass is 9.86. The Morgan fingerprint density at radius 3 is 1.89 bits per heavy atom. The van der Waals surface area contributed by atoms with E-state index in [1.165, 1.54) is 20.8 Å². The second-order valence-electron chi connectivity index (χ2n) is 8.78. The van der Waals surface area contributed by atoms with Gasteiger partial charge in [0.15, 0.2) is 6.10 Å². The highest BCUT2D eigenvalue weighted by Crippen LogP contribution is 2.43. The van der Waals surface area contributed by atoms with Crippen molar-refractivity contribution in [3.8, 4) is 0 Å². The molecule has 1 unspecified atom stereocenters. The predicted molar refractivity (Wildman–Crippen MR) is 132 cm³/mol. The summed E-state index contributed by atoms with van der Waals surface area (Å²) in [5.41, 5.74) is 0.447. The number of esters is 3. The Kier molecular flexibility index (Phi) is 10.2. The van der Waals surface area contributed by atoms with Gasteiger partial charge in [0.25, 0.3) is 0 Å². The molecule has 1 saturated heterocycles. The van der Waals surface area contributed by atoms with Gasteiger partial charge in [0.2, 0.25) is 6.29 Å². The van der Waals surface area contributed by atoms with Crippen molar-refractivity contribution in [2.45, 2.75) is 77.5 Å². The summed E-state index contributed by atoms with van der Waals surface area (Å²) >= 11 is 0. The molecule has 1 aliphatic rings. The van der Waals surface area contributed by atoms with Crippen LogP contribution in [0.1, 0.15) is 45.2 Å². The maximum absolute atomic E-state index is 12.1. The number of benzene rings is 2. The number of carbonyl (C=O) groups is 3. The quantitative estimate of drug-likeness (QED) is 0.309. The molecule has 0 amide bonds. The third kappa shape index (κ3) is 7.61. The summed E-state index contributed by atoms with van der Waals surface area (Å²) in [5, 5.41) is 0. The second kappa shape index (κ2) is 13.3. The van der Waals surface area contributed by atoms with Crippen LogP contribution in [0.5, 0.6) is 0 Å². The summed E-state index contributed by atoms with van der Waals surface area (Å²) in [6.07, 6.45) is -3.66. The average molecular weight is 515 g/mol. The third-order valence-electron chi connectivity index (χ3n) is 6.07. The molecule has 200 valence electrons. The summed E-state index contributed by atoms with van der Waals surface area (Å²) in [7, 11) is 0. The molecule has 9 heteroatoms. The fourth-order valence-electron chi connectivity index (χ4n) is 4.39. The fraction of sp³-hybridized carbons (Fsp3) is 0.464. The first-order chi connectivity index (χ1) is 17.7. The van der Waals surface area contributed by atoms with Gasteiger partial charge in [-0.3, -0.25) is 14.4 Å². The molecule has 1 fully saturated rings. The molecule has 0 aromatic heterocycles. The fourth-order valence-corrected chi connectivity index (χ4v) is 4.39. The number of hydrogen-bond acceptors (Lipinski definition) is 9. The van der Waals surface area contributed by atoms with Crippen LogP contribution in [0.2, 0.25) is 0 Å². The molecule has 2 aromatic rings. The van der Waals surface area contributed by atoms with Crippen LogP contribution < -0.4 is 0 Å². The lowest BCUT2D eigenvalue weighted by molar-refractivity contribution is -0.232. The van der Waals surface area contributed by atoms with Gasteiger partial charge in [-0.15, -0.1) is 0 Å². The van der Waals surface area contributed by atoms with E-state index in [1.54, 1.807) is 0 Å². The van der Waals surface area contributed by atoms with E-state index >= 15 is 0 Å². The molecule has 9 nitrogen and oxygen atoms in total. The van der Waals surface area contributed by atoms with E-state index in [0.717, 1.165) is 11.1 Å². The molecule has 0 bridgehead atoms. The molecule has 2 aromatic carbocycles. The first-order valence-corrected chi connectivity index (χ1v) is 12.2. The molecule has 5 atom stereocenters. The van der Waals surface area contributed by atoms with Gasteiger partial charge in [0, 0.05) is 20.8 Å². The molecule has 37 heavy (non-hydrogen) atoms. The zero-order valence-electron chi connectivity index (χ0n) is 21.6. The van der Waals surface area contributed by atoms with Crippen LogP contribution >= 0.6 is 0 Å². The topological polar surface area (TPSA) is 107 Å². The standard InChI is InChI=1S/C28H34O9/c1-5-28(24(35-20(3)30)18-32-19(2)29)26(34-17-23-14-10-7-11-15-23)25(27(37-28)36-21(4)31)33-16-22-12-8-6-9-13-22/h6-15,24-27H,5,16-18H2,1-4H3/t24-,25-,26-,27?,28+/m1/s1. The van der Waals surface area contributed by atoms with Gasteiger partial charge in [0.05, 0.1) is 13.2 Å². The lowest BCUT2D eigenvalue weighted by Crippen LogP contribution is -2.56. The SMILES string of the molecule is CC[C@@]1([C@@H](COC(C)=O)OC(C)=O)OC(OC(C)=O)[C@H](OCc2ccccc2)[C@H]1OCc1ccccc1. The van der Waals surface area contributed by atoms with E-state index in [0.29, 0.717) is 0 Å². The molecule has 3 rings (SSSR count). The van der Waals surface area contributed by atoms with Crippen LogP contribution in [0.4, 0.5) is 0 Å². The van der Waals surface area contributed by atoms with Crippen LogP contribution in [-0.2, 0) is 56.0 Å². The molecule has 0 saturated carbocycles. The minimum atomic E-state index is -1.35. The monoisotopic (exact) mass is 514 g/mol. The van der Waals surface area contributed by atoms with Crippen LogP contribution in [-0.4, -0.2) is 54.7 Å². The van der Waals surface area contributed by atoms with Gasteiger partial charge in [-0.25, -0.2) is 0 Å². The minimum absolute atomic E-state index is 0.189. The Labute approximate surface area is 216 Å². The third-order valence-corrected chi connectivity index (χ3v) is 6.07. The maximum Gasteiger partial charge on any atom is 0.305 e. The molecule has 0 radical (unpaired) electrons. The normalized spacial score (nSPS) is 23.7. The highest BCUT2D eigenvalue weighted by molar-refractivity contribution is 5.67. The molecule has 1 heterocycles. The number of hydrogen-bond donors (Lipinski definition) is 0. The van der Waals surface area contributed by atoms with E-state index < -0.39 is 48.1 Å². The molecule has 1 aliphatic heterocycles. The minimum Gasteiger partial charge on any atom is -0.462 e. The van der Waals surface area contributed by atoms with Crippen molar-refractivity contribution >= 4 is 17.9 Å². The zero-order valence-corrected chi connectivity index (χ0v) is 21.6. The van der Waals surface area contributed by atoms with Crippen molar-refractivity contribution in [1.82, 2.24) is 0 Å². The van der Waals surface area contributed by atoms with E-state index in [9.17, 15) is 14.4 Å². The van der Waals surface area contributed by atoms with Gasteiger partial charge in [-0.2, -0.15) is 0 Å². The smallest absolute Gasteiger partial charge is 0.305 e. The van der Waals surface area contributed by atoms with Gasteiger partial charge >= 0.3 is 17.9 Å². The largest absolute Gasteiger partial charge is 0.462 e. The molecular formula is C28H34O9. The first-order valence-electron chi connectivity index (χ1n) is 12.2. The Balaban J connectivity index is 2.00. The van der Waals surface area contributed by atoms with Crippen LogP contribution in [0, 0.1) is 0 Å². The van der Waals surface area contributed by atoms with Gasteiger partial charge in [0.1, 0.15) is 24.4 Å². The summed E-state index contributed by atoms with van der Waals surface area (Å²) in [4.78, 5) is 35.7. The van der Waals surface area contributed by atoms with Crippen molar-refractivity contribution < 1.29 is 42.8 Å². The number of carbonyl (C=O) groups excluding carboxylic acids is 3. The van der Waals surface area contributed by atoms with E-state index in [-0.39, 0.29) is 26.2 Å². The van der Waals surface area contributed by atoms with E-state index in [4.69, 9.17) is 28.4 Å². The summed E-state index contributed by atoms with van der Waals surface area (Å²) in [5.74, 6) is -1.71. The van der Waals surface area contributed by atoms with Crippen LogP contribution in [0.15, 0.2) is 60.7 Å². The van der Waals surface area contributed by atoms with Gasteiger partial charge < -0.3 is 28.4 Å². The maximum atomic E-state index is 12.1. The van der Waals surface area contributed by atoms with Crippen molar-refractivity contribution in [1.29, 1.82) is 0 Å². The van der Waals surface area contributed by atoms with Crippen molar-refractivity contribution in [3.63, 3.8) is 0 Å². The number of ether oxygens (including phenoxy) is 6. The van der Waals surface area contributed by atoms with Gasteiger partial charge in [-0.1, -0.05) is 67.6 Å². The van der Waals surface area contributed by atoms with E-state index in [1.807, 2.05) is 67.6 Å². The lowest BCUT2D eigenvalue weighted by Gasteiger charge is -2.39. The molecule has 0 spiro atoms. The predicted octanol–water partition coefficient (Wildman–Crippen LogP) is 3.72. The highest BCUT2D eigenvalue weighted by Gasteiger charge is 2.62. The van der Waals surface area contributed by atoms with Crippen molar-refractivity contribution in [3.05, 3.63) is 71.8 Å². The van der Waals surface area contributed by atoms with Crippen molar-refractivity contribution in [2.24, 2.45) is 0 Å². The van der Waals surface area contributed by atoms with Crippen LogP contribution in [0.25, 0.3) is 0 Å². The Morgan fingerprint density at radius 2 is 1.41 bits per heavy atom. The molecular weight excluding hydrogens is 480 g/mol. The summed E-state index contributed by atoms with van der Waals surface area (Å²) < 4.78 is 35.4. The summed E-state index contributed by atoms with van der Waals surface area (Å²) in [6, 6.07) is 19.0. The average Bonchev–Trinajstić information content (AvgIpc) is 3.17. The highest BCUT2D eigenvalue weighted by atomic mass is 16.8. The number of rotatable bonds is 12. The first kappa shape index (κ1) is 28.3. The Morgan fingerprint density at radius 1 is 0.838 bits per heavy atom. The Hall–Kier alpha value is -3.27. The second-order valence-corrected chi connectivity index (χ2v) is 8.78. The van der Waals surface area contributed by atoms with Gasteiger partial charge in [-0.05, 0) is 17.5 Å². The molecule has 0 aliphatic carbocycles. The van der Waals surface area contributed by atoms with E-state index in [2.05, 4.69) is 0 Å².